The average molecular weight is 604 g/mol. The molecule has 0 atom stereocenters. The van der Waals surface area contributed by atoms with Crippen molar-refractivity contribution in [1.29, 1.82) is 0 Å². The van der Waals surface area contributed by atoms with E-state index in [4.69, 9.17) is 19.9 Å². The highest BCUT2D eigenvalue weighted by Crippen LogP contribution is 2.46. The van der Waals surface area contributed by atoms with Gasteiger partial charge in [-0.25, -0.2) is 24.9 Å². The molecule has 0 aliphatic rings. The van der Waals surface area contributed by atoms with Gasteiger partial charge in [-0.1, -0.05) is 90.1 Å². The predicted octanol–water partition coefficient (Wildman–Crippen LogP) is 10.4. The maximum atomic E-state index is 5.30. The molecule has 0 aliphatic heterocycles. The van der Waals surface area contributed by atoms with E-state index in [0.29, 0.717) is 5.82 Å². The van der Waals surface area contributed by atoms with Crippen molar-refractivity contribution >= 4 is 32.3 Å². The lowest BCUT2D eigenvalue weighted by Crippen LogP contribution is -2.20. The quantitative estimate of drug-likeness (QED) is 0.188. The van der Waals surface area contributed by atoms with E-state index < -0.39 is 0 Å². The molecule has 5 aromatic carbocycles. The molecule has 46 heavy (non-hydrogen) atoms. The van der Waals surface area contributed by atoms with Crippen molar-refractivity contribution in [2.24, 2.45) is 0 Å². The lowest BCUT2D eigenvalue weighted by molar-refractivity contribution is 0.539. The number of hydrogen-bond acceptors (Lipinski definition) is 5. The number of benzene rings is 5. The van der Waals surface area contributed by atoms with Gasteiger partial charge in [-0.15, -0.1) is 0 Å². The summed E-state index contributed by atoms with van der Waals surface area (Å²) in [5.41, 5.74) is 8.84. The van der Waals surface area contributed by atoms with Gasteiger partial charge in [0, 0.05) is 22.0 Å². The zero-order chi connectivity index (χ0) is 32.7. The molecule has 7 rings (SSSR count). The van der Waals surface area contributed by atoms with Crippen LogP contribution in [-0.2, 0) is 10.8 Å². The highest BCUT2D eigenvalue weighted by atomic mass is 15.0. The highest BCUT2D eigenvalue weighted by Gasteiger charge is 2.26. The van der Waals surface area contributed by atoms with Crippen LogP contribution in [0, 0.1) is 27.7 Å². The molecule has 2 aromatic heterocycles. The smallest absolute Gasteiger partial charge is 0.163 e. The van der Waals surface area contributed by atoms with Crippen LogP contribution in [-0.4, -0.2) is 24.9 Å². The maximum absolute atomic E-state index is 5.30. The molecule has 0 spiro atoms. The molecule has 0 N–H and O–H groups in total. The Kier molecular flexibility index (Phi) is 6.75. The van der Waals surface area contributed by atoms with Gasteiger partial charge in [-0.3, -0.25) is 0 Å². The third-order valence-corrected chi connectivity index (χ3v) is 9.14. The van der Waals surface area contributed by atoms with Crippen LogP contribution in [0.5, 0.6) is 0 Å². The minimum absolute atomic E-state index is 0.132. The van der Waals surface area contributed by atoms with Gasteiger partial charge in [0.25, 0.3) is 0 Å². The van der Waals surface area contributed by atoms with Gasteiger partial charge in [-0.2, -0.15) is 0 Å². The Morgan fingerprint density at radius 2 is 0.957 bits per heavy atom. The first-order chi connectivity index (χ1) is 21.7. The van der Waals surface area contributed by atoms with E-state index in [1.54, 1.807) is 0 Å². The van der Waals surface area contributed by atoms with Gasteiger partial charge >= 0.3 is 0 Å². The Morgan fingerprint density at radius 1 is 0.457 bits per heavy atom. The van der Waals surface area contributed by atoms with Gasteiger partial charge < -0.3 is 0 Å². The second kappa shape index (κ2) is 10.4. The molecule has 5 heteroatoms. The first-order valence-electron chi connectivity index (χ1n) is 16.1. The Bertz CT molecular complexity index is 2250. The third kappa shape index (κ3) is 4.89. The molecular weight excluding hydrogens is 562 g/mol. The molecular formula is C41H41N5. The normalized spacial score (nSPS) is 12.6. The SMILES string of the molecule is Cc1nc(C)nc(-c2ccc3ccc4c(-c5nc(C(C)(C)C)cc(C(C)(C)C)n5)cc(-c5c(C)cccc5C)c5ccc2c3c45)n1. The molecule has 0 amide bonds. The minimum atomic E-state index is -0.132. The summed E-state index contributed by atoms with van der Waals surface area (Å²) in [7, 11) is 0. The third-order valence-electron chi connectivity index (χ3n) is 9.14. The molecule has 0 aliphatic carbocycles. The Morgan fingerprint density at radius 3 is 1.54 bits per heavy atom. The minimum Gasteiger partial charge on any atom is -0.232 e. The summed E-state index contributed by atoms with van der Waals surface area (Å²) in [6.45, 7) is 21.6. The maximum Gasteiger partial charge on any atom is 0.163 e. The summed E-state index contributed by atoms with van der Waals surface area (Å²) < 4.78 is 0. The van der Waals surface area contributed by atoms with Crippen molar-refractivity contribution < 1.29 is 0 Å². The fourth-order valence-electron chi connectivity index (χ4n) is 6.80. The molecule has 0 bridgehead atoms. The van der Waals surface area contributed by atoms with Crippen molar-refractivity contribution in [2.75, 3.05) is 0 Å². The average Bonchev–Trinajstić information content (AvgIpc) is 2.98. The number of aromatic nitrogens is 5. The lowest BCUT2D eigenvalue weighted by Gasteiger charge is -2.25. The molecule has 5 nitrogen and oxygen atoms in total. The van der Waals surface area contributed by atoms with E-state index in [1.165, 1.54) is 43.8 Å². The van der Waals surface area contributed by atoms with Crippen LogP contribution in [0.4, 0.5) is 0 Å². The van der Waals surface area contributed by atoms with Crippen molar-refractivity contribution in [3.8, 4) is 33.9 Å². The first-order valence-corrected chi connectivity index (χ1v) is 16.1. The van der Waals surface area contributed by atoms with Crippen molar-refractivity contribution in [2.45, 2.75) is 80.1 Å². The largest absolute Gasteiger partial charge is 0.232 e. The van der Waals surface area contributed by atoms with E-state index in [2.05, 4.69) is 127 Å². The summed E-state index contributed by atoms with van der Waals surface area (Å²) in [6, 6.07) is 24.5. The molecule has 7 aromatic rings. The number of nitrogens with zero attached hydrogens (tertiary/aromatic N) is 5. The van der Waals surface area contributed by atoms with Crippen LogP contribution < -0.4 is 0 Å². The van der Waals surface area contributed by atoms with Crippen molar-refractivity contribution in [3.05, 3.63) is 101 Å². The zero-order valence-electron chi connectivity index (χ0n) is 28.6. The fourth-order valence-corrected chi connectivity index (χ4v) is 6.80. The van der Waals surface area contributed by atoms with E-state index in [-0.39, 0.29) is 10.8 Å². The number of rotatable bonds is 3. The Labute approximate surface area is 271 Å². The molecule has 0 fully saturated rings. The van der Waals surface area contributed by atoms with Gasteiger partial charge in [0.1, 0.15) is 11.6 Å². The first kappa shape index (κ1) is 29.9. The van der Waals surface area contributed by atoms with Gasteiger partial charge in [-0.05, 0) is 100 Å². The summed E-state index contributed by atoms with van der Waals surface area (Å²) >= 11 is 0. The molecule has 230 valence electrons. The van der Waals surface area contributed by atoms with Crippen LogP contribution in [0.2, 0.25) is 0 Å². The summed E-state index contributed by atoms with van der Waals surface area (Å²) in [4.78, 5) is 24.6. The van der Waals surface area contributed by atoms with E-state index >= 15 is 0 Å². The predicted molar refractivity (Wildman–Crippen MR) is 192 cm³/mol. The van der Waals surface area contributed by atoms with Crippen LogP contribution in [0.3, 0.4) is 0 Å². The molecule has 2 heterocycles. The Balaban J connectivity index is 1.67. The van der Waals surface area contributed by atoms with Gasteiger partial charge in [0.05, 0.1) is 11.4 Å². The van der Waals surface area contributed by atoms with Crippen molar-refractivity contribution in [1.82, 2.24) is 24.9 Å². The van der Waals surface area contributed by atoms with Crippen molar-refractivity contribution in [3.63, 3.8) is 0 Å². The van der Waals surface area contributed by atoms with E-state index in [0.717, 1.165) is 50.8 Å². The van der Waals surface area contributed by atoms with Crippen LogP contribution in [0.1, 0.15) is 75.7 Å². The van der Waals surface area contributed by atoms with E-state index in [9.17, 15) is 0 Å². The Hall–Kier alpha value is -4.77. The summed E-state index contributed by atoms with van der Waals surface area (Å²) in [6.07, 6.45) is 0. The van der Waals surface area contributed by atoms with Crippen LogP contribution >= 0.6 is 0 Å². The molecule has 0 saturated carbocycles. The number of hydrogen-bond donors (Lipinski definition) is 0. The summed E-state index contributed by atoms with van der Waals surface area (Å²) in [5, 5.41) is 7.11. The topological polar surface area (TPSA) is 64.5 Å². The molecule has 0 unspecified atom stereocenters. The monoisotopic (exact) mass is 603 g/mol. The second-order valence-electron chi connectivity index (χ2n) is 14.8. The number of aryl methyl sites for hydroxylation is 4. The van der Waals surface area contributed by atoms with Gasteiger partial charge in [0.2, 0.25) is 0 Å². The lowest BCUT2D eigenvalue weighted by atomic mass is 9.83. The second-order valence-corrected chi connectivity index (χ2v) is 14.8. The van der Waals surface area contributed by atoms with Crippen LogP contribution in [0.25, 0.3) is 66.2 Å². The van der Waals surface area contributed by atoms with E-state index in [1.807, 2.05) is 13.8 Å². The molecule has 0 saturated heterocycles. The zero-order valence-corrected chi connectivity index (χ0v) is 28.6. The fraction of sp³-hybridized carbons (Fsp3) is 0.293. The van der Waals surface area contributed by atoms with Gasteiger partial charge in [0.15, 0.2) is 11.6 Å². The molecule has 0 radical (unpaired) electrons. The summed E-state index contributed by atoms with van der Waals surface area (Å²) in [5.74, 6) is 2.91. The highest BCUT2D eigenvalue weighted by molar-refractivity contribution is 6.29. The standard InChI is InChI=1S/C41H41N5/c1-22-12-11-13-23(2)35(22)31-20-32(39-45-33(40(5,6)7)21-34(46-39)41(8,9)10)29-16-14-26-15-17-30(38-43-24(3)42-25(4)44-38)27-18-19-28(31)37(29)36(26)27/h11-21H,1-10H3. The van der Waals surface area contributed by atoms with Crippen LogP contribution in [0.15, 0.2) is 66.7 Å².